The summed E-state index contributed by atoms with van der Waals surface area (Å²) in [5.41, 5.74) is 0. The van der Waals surface area contributed by atoms with Gasteiger partial charge in [-0.2, -0.15) is 0 Å². The van der Waals surface area contributed by atoms with Crippen LogP contribution in [0.2, 0.25) is 0 Å². The van der Waals surface area contributed by atoms with E-state index in [0.717, 1.165) is 0 Å². The summed E-state index contributed by atoms with van der Waals surface area (Å²) in [7, 11) is 0. The fraction of sp³-hybridized carbons (Fsp3) is 1.00. The lowest BCUT2D eigenvalue weighted by atomic mass is 9.89. The molecule has 0 aliphatic heterocycles. The molecule has 2 saturated carbocycles. The zero-order chi connectivity index (χ0) is 10.5. The van der Waals surface area contributed by atoms with Crippen molar-refractivity contribution in [3.63, 3.8) is 0 Å². The van der Waals surface area contributed by atoms with Crippen LogP contribution in [0.5, 0.6) is 0 Å². The summed E-state index contributed by atoms with van der Waals surface area (Å²) in [6.07, 6.45) is 13.5. The number of hydrogen-bond acceptors (Lipinski definition) is 2. The average Bonchev–Trinajstić information content (AvgIpc) is 2.33. The Morgan fingerprint density at radius 2 is 1.13 bits per heavy atom. The molecule has 1 N–H and O–H groups in total. The maximum atomic E-state index is 9.56. The Labute approximate surface area is 93.7 Å². The molecular formula is C13H25NO. The van der Waals surface area contributed by atoms with Crippen molar-refractivity contribution in [2.24, 2.45) is 0 Å². The molecule has 0 aromatic carbocycles. The topological polar surface area (TPSA) is 23.5 Å². The van der Waals surface area contributed by atoms with Crippen molar-refractivity contribution in [3.05, 3.63) is 0 Å². The van der Waals surface area contributed by atoms with E-state index in [-0.39, 0.29) is 6.73 Å². The van der Waals surface area contributed by atoms with E-state index in [1.807, 2.05) is 0 Å². The highest BCUT2D eigenvalue weighted by molar-refractivity contribution is 4.82. The second-order valence-electron chi connectivity index (χ2n) is 5.24. The van der Waals surface area contributed by atoms with Crippen LogP contribution in [-0.4, -0.2) is 28.8 Å². The molecule has 2 nitrogen and oxygen atoms in total. The first-order valence-corrected chi connectivity index (χ1v) is 6.78. The Kier molecular flexibility index (Phi) is 4.45. The van der Waals surface area contributed by atoms with Gasteiger partial charge in [0.1, 0.15) is 0 Å². The number of aliphatic hydroxyl groups is 1. The molecule has 0 heterocycles. The van der Waals surface area contributed by atoms with Crippen LogP contribution in [0.3, 0.4) is 0 Å². The molecule has 0 bridgehead atoms. The lowest BCUT2D eigenvalue weighted by Crippen LogP contribution is -2.45. The van der Waals surface area contributed by atoms with Crippen LogP contribution in [0, 0.1) is 0 Å². The van der Waals surface area contributed by atoms with Gasteiger partial charge in [-0.1, -0.05) is 38.5 Å². The zero-order valence-corrected chi connectivity index (χ0v) is 9.83. The summed E-state index contributed by atoms with van der Waals surface area (Å²) in [6.45, 7) is 0.287. The van der Waals surface area contributed by atoms with Crippen LogP contribution < -0.4 is 0 Å². The molecule has 0 aromatic rings. The Morgan fingerprint density at radius 1 is 0.733 bits per heavy atom. The molecule has 2 fully saturated rings. The van der Waals surface area contributed by atoms with E-state index in [1.54, 1.807) is 0 Å². The monoisotopic (exact) mass is 211 g/mol. The third kappa shape index (κ3) is 2.94. The van der Waals surface area contributed by atoms with E-state index >= 15 is 0 Å². The van der Waals surface area contributed by atoms with Gasteiger partial charge in [0.25, 0.3) is 0 Å². The van der Waals surface area contributed by atoms with E-state index in [4.69, 9.17) is 0 Å². The van der Waals surface area contributed by atoms with Crippen molar-refractivity contribution in [2.75, 3.05) is 6.73 Å². The van der Waals surface area contributed by atoms with Gasteiger partial charge >= 0.3 is 0 Å². The number of aliphatic hydroxyl groups excluding tert-OH is 1. The molecule has 2 rings (SSSR count). The van der Waals surface area contributed by atoms with Crippen molar-refractivity contribution in [2.45, 2.75) is 76.3 Å². The molecule has 0 saturated heterocycles. The summed E-state index contributed by atoms with van der Waals surface area (Å²) < 4.78 is 0. The maximum Gasteiger partial charge on any atom is 0.0961 e. The number of nitrogens with zero attached hydrogens (tertiary/aromatic N) is 1. The molecule has 0 spiro atoms. The number of rotatable bonds is 3. The van der Waals surface area contributed by atoms with Gasteiger partial charge in [-0.05, 0) is 25.7 Å². The highest BCUT2D eigenvalue weighted by Gasteiger charge is 2.27. The first-order valence-electron chi connectivity index (χ1n) is 6.78. The molecule has 88 valence electrons. The molecule has 0 atom stereocenters. The third-order valence-corrected chi connectivity index (χ3v) is 4.25. The van der Waals surface area contributed by atoms with E-state index in [0.29, 0.717) is 12.1 Å². The molecule has 0 aromatic heterocycles. The van der Waals surface area contributed by atoms with Gasteiger partial charge in [-0.25, -0.2) is 0 Å². The fourth-order valence-corrected chi connectivity index (χ4v) is 3.35. The summed E-state index contributed by atoms with van der Waals surface area (Å²) in [5.74, 6) is 0. The number of hydrogen-bond donors (Lipinski definition) is 1. The van der Waals surface area contributed by atoms with E-state index in [9.17, 15) is 5.11 Å². The summed E-state index contributed by atoms with van der Waals surface area (Å²) >= 11 is 0. The Balaban J connectivity index is 1.88. The van der Waals surface area contributed by atoms with Crippen molar-refractivity contribution >= 4 is 0 Å². The van der Waals surface area contributed by atoms with E-state index in [2.05, 4.69) is 4.90 Å². The minimum absolute atomic E-state index is 0.287. The Hall–Kier alpha value is -0.0800. The molecule has 0 amide bonds. The van der Waals surface area contributed by atoms with Gasteiger partial charge < -0.3 is 5.11 Å². The summed E-state index contributed by atoms with van der Waals surface area (Å²) in [5, 5.41) is 9.56. The molecule has 15 heavy (non-hydrogen) atoms. The smallest absolute Gasteiger partial charge is 0.0961 e. The van der Waals surface area contributed by atoms with Crippen LogP contribution in [-0.2, 0) is 0 Å². The van der Waals surface area contributed by atoms with Crippen LogP contribution in [0.4, 0.5) is 0 Å². The van der Waals surface area contributed by atoms with Gasteiger partial charge in [-0.3, -0.25) is 4.90 Å². The van der Waals surface area contributed by atoms with Crippen molar-refractivity contribution in [1.29, 1.82) is 0 Å². The van der Waals surface area contributed by atoms with Crippen molar-refractivity contribution in [1.82, 2.24) is 4.90 Å². The second-order valence-corrected chi connectivity index (χ2v) is 5.24. The van der Waals surface area contributed by atoms with Gasteiger partial charge in [-0.15, -0.1) is 0 Å². The predicted molar refractivity (Wildman–Crippen MR) is 62.7 cm³/mol. The van der Waals surface area contributed by atoms with Gasteiger partial charge in [0.05, 0.1) is 6.73 Å². The maximum absolute atomic E-state index is 9.56. The van der Waals surface area contributed by atoms with Crippen LogP contribution >= 0.6 is 0 Å². The highest BCUT2D eigenvalue weighted by atomic mass is 16.3. The quantitative estimate of drug-likeness (QED) is 0.726. The molecule has 2 heteroatoms. The van der Waals surface area contributed by atoms with E-state index < -0.39 is 0 Å². The molecular weight excluding hydrogens is 186 g/mol. The molecule has 2 aliphatic carbocycles. The standard InChI is InChI=1S/C13H25NO/c15-11-14(12-7-3-1-4-8-12)13-9-5-2-6-10-13/h12-13,15H,1-11H2. The Morgan fingerprint density at radius 3 is 1.47 bits per heavy atom. The van der Waals surface area contributed by atoms with Gasteiger partial charge in [0.2, 0.25) is 0 Å². The van der Waals surface area contributed by atoms with Crippen molar-refractivity contribution in [3.8, 4) is 0 Å². The van der Waals surface area contributed by atoms with Crippen molar-refractivity contribution < 1.29 is 5.11 Å². The Bertz CT molecular complexity index is 153. The van der Waals surface area contributed by atoms with Gasteiger partial charge in [0.15, 0.2) is 0 Å². The normalized spacial score (nSPS) is 26.0. The fourth-order valence-electron chi connectivity index (χ4n) is 3.35. The largest absolute Gasteiger partial charge is 0.381 e. The molecule has 0 unspecified atom stereocenters. The lowest BCUT2D eigenvalue weighted by Gasteiger charge is -2.40. The average molecular weight is 211 g/mol. The first-order chi connectivity index (χ1) is 7.42. The van der Waals surface area contributed by atoms with Crippen LogP contribution in [0.25, 0.3) is 0 Å². The molecule has 0 radical (unpaired) electrons. The van der Waals surface area contributed by atoms with E-state index in [1.165, 1.54) is 64.2 Å². The lowest BCUT2D eigenvalue weighted by molar-refractivity contribution is 0.00242. The highest BCUT2D eigenvalue weighted by Crippen LogP contribution is 2.29. The minimum atomic E-state index is 0.287. The predicted octanol–water partition coefficient (Wildman–Crippen LogP) is 2.90. The minimum Gasteiger partial charge on any atom is -0.381 e. The SMILES string of the molecule is OCN(C1CCCCC1)C1CCCCC1. The van der Waals surface area contributed by atoms with Crippen LogP contribution in [0.1, 0.15) is 64.2 Å². The third-order valence-electron chi connectivity index (χ3n) is 4.25. The van der Waals surface area contributed by atoms with Gasteiger partial charge in [0, 0.05) is 12.1 Å². The summed E-state index contributed by atoms with van der Waals surface area (Å²) in [6, 6.07) is 1.37. The zero-order valence-electron chi connectivity index (χ0n) is 9.83. The second kappa shape index (κ2) is 5.86. The summed E-state index contributed by atoms with van der Waals surface area (Å²) in [4.78, 5) is 2.40. The molecule has 2 aliphatic rings. The first kappa shape index (κ1) is 11.4. The van der Waals surface area contributed by atoms with Crippen LogP contribution in [0.15, 0.2) is 0 Å².